The van der Waals surface area contributed by atoms with Crippen LogP contribution in [0.4, 0.5) is 4.79 Å². The topological polar surface area (TPSA) is 84.9 Å². The van der Waals surface area contributed by atoms with E-state index in [1.807, 2.05) is 6.07 Å². The van der Waals surface area contributed by atoms with Gasteiger partial charge in [-0.1, -0.05) is 41.9 Å². The van der Waals surface area contributed by atoms with Gasteiger partial charge in [0.15, 0.2) is 11.5 Å². The molecule has 2 aromatic rings. The van der Waals surface area contributed by atoms with Crippen molar-refractivity contribution in [2.75, 3.05) is 14.2 Å². The van der Waals surface area contributed by atoms with Gasteiger partial charge in [0.05, 0.1) is 25.8 Å². The average Bonchev–Trinajstić information content (AvgIpc) is 2.68. The van der Waals surface area contributed by atoms with Crippen molar-refractivity contribution in [3.63, 3.8) is 0 Å². The lowest BCUT2D eigenvalue weighted by atomic mass is 10.1. The molecule has 2 aromatic carbocycles. The van der Waals surface area contributed by atoms with Crippen LogP contribution in [-0.2, 0) is 16.1 Å². The molecule has 0 bridgehead atoms. The van der Waals surface area contributed by atoms with Crippen LogP contribution in [-0.4, -0.2) is 37.0 Å². The van der Waals surface area contributed by atoms with Crippen molar-refractivity contribution in [1.82, 2.24) is 10.2 Å². The van der Waals surface area contributed by atoms with Crippen molar-refractivity contribution < 1.29 is 23.9 Å². The number of methoxy groups -OCH3 is 2. The first-order valence-electron chi connectivity index (χ1n) is 8.29. The Kier molecular flexibility index (Phi) is 5.65. The molecule has 0 unspecified atom stereocenters. The van der Waals surface area contributed by atoms with Crippen LogP contribution in [0.2, 0.25) is 5.02 Å². The molecule has 8 heteroatoms. The van der Waals surface area contributed by atoms with Gasteiger partial charge in [0.25, 0.3) is 11.8 Å². The molecule has 1 heterocycles. The molecule has 3 rings (SSSR count). The number of carbonyl (C=O) groups excluding carboxylic acids is 3. The van der Waals surface area contributed by atoms with Crippen LogP contribution in [0.5, 0.6) is 11.5 Å². The Morgan fingerprint density at radius 1 is 1.07 bits per heavy atom. The summed E-state index contributed by atoms with van der Waals surface area (Å²) in [6.45, 7) is 0.0445. The van der Waals surface area contributed by atoms with Gasteiger partial charge in [-0.2, -0.15) is 0 Å². The molecule has 1 N–H and O–H groups in total. The number of urea groups is 1. The highest BCUT2D eigenvalue weighted by molar-refractivity contribution is 6.33. The van der Waals surface area contributed by atoms with Crippen molar-refractivity contribution in [1.29, 1.82) is 0 Å². The van der Waals surface area contributed by atoms with E-state index in [1.54, 1.807) is 30.3 Å². The minimum absolute atomic E-state index is 0.0445. The van der Waals surface area contributed by atoms with Crippen LogP contribution in [0.3, 0.4) is 0 Å². The lowest BCUT2D eigenvalue weighted by Crippen LogP contribution is -2.53. The van der Waals surface area contributed by atoms with E-state index in [-0.39, 0.29) is 17.1 Å². The van der Waals surface area contributed by atoms with Gasteiger partial charge in [-0.05, 0) is 29.3 Å². The third-order valence-electron chi connectivity index (χ3n) is 4.14. The highest BCUT2D eigenvalue weighted by Crippen LogP contribution is 2.36. The molecular formula is C20H17ClN2O5. The molecule has 1 saturated heterocycles. The zero-order valence-corrected chi connectivity index (χ0v) is 15.9. The van der Waals surface area contributed by atoms with E-state index in [4.69, 9.17) is 21.1 Å². The number of hydrogen-bond acceptors (Lipinski definition) is 5. The summed E-state index contributed by atoms with van der Waals surface area (Å²) in [6.07, 6.45) is 1.36. The van der Waals surface area contributed by atoms with Gasteiger partial charge in [-0.25, -0.2) is 4.79 Å². The second kappa shape index (κ2) is 8.14. The SMILES string of the molecule is COc1cc(/C=C2\C(=O)NC(=O)N(Cc3ccccc3)C2=O)cc(Cl)c1OC. The van der Waals surface area contributed by atoms with Gasteiger partial charge in [0.2, 0.25) is 0 Å². The molecule has 0 radical (unpaired) electrons. The van der Waals surface area contributed by atoms with Crippen molar-refractivity contribution in [2.24, 2.45) is 0 Å². The molecule has 0 spiro atoms. The van der Waals surface area contributed by atoms with Crippen molar-refractivity contribution in [3.05, 3.63) is 64.2 Å². The fraction of sp³-hybridized carbons (Fsp3) is 0.150. The second-order valence-electron chi connectivity index (χ2n) is 5.93. The normalized spacial score (nSPS) is 15.6. The number of barbiturate groups is 1. The fourth-order valence-electron chi connectivity index (χ4n) is 2.79. The number of halogens is 1. The monoisotopic (exact) mass is 400 g/mol. The third-order valence-corrected chi connectivity index (χ3v) is 4.42. The molecule has 28 heavy (non-hydrogen) atoms. The molecule has 0 atom stereocenters. The smallest absolute Gasteiger partial charge is 0.331 e. The first kappa shape index (κ1) is 19.4. The molecule has 1 fully saturated rings. The molecule has 144 valence electrons. The quantitative estimate of drug-likeness (QED) is 0.616. The number of nitrogens with one attached hydrogen (secondary N) is 1. The Balaban J connectivity index is 1.96. The van der Waals surface area contributed by atoms with Crippen molar-refractivity contribution in [3.8, 4) is 11.5 Å². The van der Waals surface area contributed by atoms with E-state index >= 15 is 0 Å². The van der Waals surface area contributed by atoms with E-state index in [1.165, 1.54) is 26.4 Å². The number of benzene rings is 2. The Morgan fingerprint density at radius 3 is 2.43 bits per heavy atom. The Morgan fingerprint density at radius 2 is 1.79 bits per heavy atom. The molecule has 0 aromatic heterocycles. The average molecular weight is 401 g/mol. The zero-order valence-electron chi connectivity index (χ0n) is 15.2. The van der Waals surface area contributed by atoms with E-state index < -0.39 is 17.8 Å². The molecule has 4 amide bonds. The number of amides is 4. The fourth-order valence-corrected chi connectivity index (χ4v) is 3.09. The number of hydrogen-bond donors (Lipinski definition) is 1. The highest BCUT2D eigenvalue weighted by Gasteiger charge is 2.35. The maximum absolute atomic E-state index is 12.8. The minimum Gasteiger partial charge on any atom is -0.493 e. The first-order chi connectivity index (χ1) is 13.4. The summed E-state index contributed by atoms with van der Waals surface area (Å²) in [4.78, 5) is 38.2. The zero-order chi connectivity index (χ0) is 20.3. The number of rotatable bonds is 5. The van der Waals surface area contributed by atoms with Gasteiger partial charge in [-0.3, -0.25) is 19.8 Å². The van der Waals surface area contributed by atoms with Crippen LogP contribution < -0.4 is 14.8 Å². The van der Waals surface area contributed by atoms with Crippen LogP contribution in [0, 0.1) is 0 Å². The van der Waals surface area contributed by atoms with Crippen molar-refractivity contribution in [2.45, 2.75) is 6.54 Å². The standard InChI is InChI=1S/C20H17ClN2O5/c1-27-16-10-13(9-15(21)17(16)28-2)8-14-18(24)22-20(26)23(19(14)25)11-12-6-4-3-5-7-12/h3-10H,11H2,1-2H3,(H,22,24,26)/b14-8+. The van der Waals surface area contributed by atoms with Crippen LogP contribution in [0.1, 0.15) is 11.1 Å². The summed E-state index contributed by atoms with van der Waals surface area (Å²) >= 11 is 6.18. The van der Waals surface area contributed by atoms with Gasteiger partial charge in [0.1, 0.15) is 5.57 Å². The molecule has 0 saturated carbocycles. The summed E-state index contributed by atoms with van der Waals surface area (Å²) in [5.41, 5.74) is 1.03. The first-order valence-corrected chi connectivity index (χ1v) is 8.66. The summed E-state index contributed by atoms with van der Waals surface area (Å²) < 4.78 is 10.4. The molecule has 1 aliphatic heterocycles. The summed E-state index contributed by atoms with van der Waals surface area (Å²) in [6, 6.07) is 11.4. The lowest BCUT2D eigenvalue weighted by Gasteiger charge is -2.26. The largest absolute Gasteiger partial charge is 0.493 e. The van der Waals surface area contributed by atoms with Gasteiger partial charge in [-0.15, -0.1) is 0 Å². The van der Waals surface area contributed by atoms with Crippen LogP contribution >= 0.6 is 11.6 Å². The molecule has 7 nitrogen and oxygen atoms in total. The summed E-state index contributed by atoms with van der Waals surface area (Å²) in [7, 11) is 2.90. The molecule has 0 aliphatic carbocycles. The Hall–Kier alpha value is -3.32. The number of carbonyl (C=O) groups is 3. The Bertz CT molecular complexity index is 972. The van der Waals surface area contributed by atoms with Crippen molar-refractivity contribution >= 4 is 35.5 Å². The van der Waals surface area contributed by atoms with Crippen LogP contribution in [0.15, 0.2) is 48.0 Å². The number of nitrogens with zero attached hydrogens (tertiary/aromatic N) is 1. The number of imide groups is 2. The Labute approximate surface area is 166 Å². The van der Waals surface area contributed by atoms with E-state index in [2.05, 4.69) is 5.32 Å². The minimum atomic E-state index is -0.773. The van der Waals surface area contributed by atoms with E-state index in [0.717, 1.165) is 10.5 Å². The maximum atomic E-state index is 12.8. The van der Waals surface area contributed by atoms with Gasteiger partial charge >= 0.3 is 6.03 Å². The molecular weight excluding hydrogens is 384 g/mol. The van der Waals surface area contributed by atoms with E-state index in [9.17, 15) is 14.4 Å². The third kappa shape index (κ3) is 3.84. The molecule has 1 aliphatic rings. The number of ether oxygens (including phenoxy) is 2. The van der Waals surface area contributed by atoms with Gasteiger partial charge in [0, 0.05) is 0 Å². The maximum Gasteiger partial charge on any atom is 0.331 e. The second-order valence-corrected chi connectivity index (χ2v) is 6.34. The summed E-state index contributed by atoms with van der Waals surface area (Å²) in [5.74, 6) is -0.775. The van der Waals surface area contributed by atoms with Crippen LogP contribution in [0.25, 0.3) is 6.08 Å². The van der Waals surface area contributed by atoms with E-state index in [0.29, 0.717) is 17.1 Å². The predicted molar refractivity (Wildman–Crippen MR) is 103 cm³/mol. The summed E-state index contributed by atoms with van der Waals surface area (Å²) in [5, 5.41) is 2.45. The lowest BCUT2D eigenvalue weighted by molar-refractivity contribution is -0.130. The van der Waals surface area contributed by atoms with Gasteiger partial charge < -0.3 is 9.47 Å². The predicted octanol–water partition coefficient (Wildman–Crippen LogP) is 3.02. The highest BCUT2D eigenvalue weighted by atomic mass is 35.5.